The van der Waals surface area contributed by atoms with Crippen molar-refractivity contribution in [3.05, 3.63) is 59.1 Å². The predicted molar refractivity (Wildman–Crippen MR) is 86.3 cm³/mol. The number of benzene rings is 2. The first-order chi connectivity index (χ1) is 11.2. The van der Waals surface area contributed by atoms with Crippen LogP contribution in [-0.4, -0.2) is 32.2 Å². The Balaban J connectivity index is 2.09. The van der Waals surface area contributed by atoms with Gasteiger partial charge in [0.25, 0.3) is 0 Å². The van der Waals surface area contributed by atoms with Gasteiger partial charge in [-0.25, -0.2) is 17.2 Å². The number of carbonyl (C=O) groups excluding carboxylic acids is 1. The molecule has 1 amide bonds. The predicted octanol–water partition coefficient (Wildman–Crippen LogP) is 2.88. The lowest BCUT2D eigenvalue weighted by Crippen LogP contribution is -2.35. The van der Waals surface area contributed by atoms with E-state index < -0.39 is 34.1 Å². The van der Waals surface area contributed by atoms with Crippen molar-refractivity contribution in [1.82, 2.24) is 4.31 Å². The molecule has 2 aromatic rings. The first-order valence-corrected chi connectivity index (χ1v) is 8.48. The van der Waals surface area contributed by atoms with Crippen LogP contribution in [0.3, 0.4) is 0 Å². The van der Waals surface area contributed by atoms with Gasteiger partial charge in [-0.2, -0.15) is 4.31 Å². The summed E-state index contributed by atoms with van der Waals surface area (Å²) < 4.78 is 51.6. The number of hydrogen-bond donors (Lipinski definition) is 1. The lowest BCUT2D eigenvalue weighted by Gasteiger charge is -2.17. The third-order valence-electron chi connectivity index (χ3n) is 3.03. The van der Waals surface area contributed by atoms with Crippen LogP contribution in [0, 0.1) is 11.6 Å². The molecule has 0 saturated carbocycles. The average molecular weight is 375 g/mol. The molecule has 0 heterocycles. The fourth-order valence-corrected chi connectivity index (χ4v) is 3.15. The molecule has 128 valence electrons. The largest absolute Gasteiger partial charge is 0.325 e. The van der Waals surface area contributed by atoms with Crippen molar-refractivity contribution >= 4 is 33.2 Å². The molecule has 0 fully saturated rings. The van der Waals surface area contributed by atoms with Gasteiger partial charge in [0.2, 0.25) is 15.9 Å². The SMILES string of the molecule is CN(CC(=O)Nc1cc(F)cc(F)c1)S(=O)(=O)c1ccc(Cl)cc1. The highest BCUT2D eigenvalue weighted by molar-refractivity contribution is 7.89. The lowest BCUT2D eigenvalue weighted by atomic mass is 10.3. The molecule has 5 nitrogen and oxygen atoms in total. The molecular weight excluding hydrogens is 362 g/mol. The molecule has 0 unspecified atom stereocenters. The van der Waals surface area contributed by atoms with Crippen molar-refractivity contribution in [2.24, 2.45) is 0 Å². The zero-order chi connectivity index (χ0) is 17.9. The molecule has 24 heavy (non-hydrogen) atoms. The van der Waals surface area contributed by atoms with E-state index in [1.54, 1.807) is 0 Å². The second-order valence-electron chi connectivity index (χ2n) is 4.92. The summed E-state index contributed by atoms with van der Waals surface area (Å²) in [5.41, 5.74) is -0.102. The number of rotatable bonds is 5. The van der Waals surface area contributed by atoms with Crippen LogP contribution in [0.4, 0.5) is 14.5 Å². The summed E-state index contributed by atoms with van der Waals surface area (Å²) in [5.74, 6) is -2.44. The molecule has 0 aromatic heterocycles. The van der Waals surface area contributed by atoms with E-state index in [0.29, 0.717) is 11.1 Å². The van der Waals surface area contributed by atoms with E-state index in [1.807, 2.05) is 0 Å². The van der Waals surface area contributed by atoms with Crippen LogP contribution in [0.15, 0.2) is 47.4 Å². The molecule has 0 radical (unpaired) electrons. The van der Waals surface area contributed by atoms with Crippen LogP contribution in [0.2, 0.25) is 5.02 Å². The number of amides is 1. The fourth-order valence-electron chi connectivity index (χ4n) is 1.90. The highest BCUT2D eigenvalue weighted by Crippen LogP contribution is 2.18. The maximum atomic E-state index is 13.1. The van der Waals surface area contributed by atoms with Crippen molar-refractivity contribution in [3.8, 4) is 0 Å². The Labute approximate surface area is 142 Å². The standard InChI is InChI=1S/C15H13ClF2N2O3S/c1-20(24(22,23)14-4-2-10(16)3-5-14)9-15(21)19-13-7-11(17)6-12(18)8-13/h2-8H,9H2,1H3,(H,19,21). The molecule has 0 aliphatic heterocycles. The summed E-state index contributed by atoms with van der Waals surface area (Å²) in [7, 11) is -2.68. The normalized spacial score (nSPS) is 11.5. The Kier molecular flexibility index (Phi) is 5.53. The molecule has 1 N–H and O–H groups in total. The summed E-state index contributed by atoms with van der Waals surface area (Å²) in [4.78, 5) is 11.9. The first-order valence-electron chi connectivity index (χ1n) is 6.66. The fraction of sp³-hybridized carbons (Fsp3) is 0.133. The van der Waals surface area contributed by atoms with Crippen molar-refractivity contribution in [3.63, 3.8) is 0 Å². The lowest BCUT2D eigenvalue weighted by molar-refractivity contribution is -0.116. The molecule has 0 aliphatic rings. The third-order valence-corrected chi connectivity index (χ3v) is 5.10. The van der Waals surface area contributed by atoms with E-state index in [0.717, 1.165) is 16.4 Å². The number of likely N-dealkylation sites (N-methyl/N-ethyl adjacent to an activating group) is 1. The number of nitrogens with zero attached hydrogens (tertiary/aromatic N) is 1. The minimum Gasteiger partial charge on any atom is -0.325 e. The summed E-state index contributed by atoms with van der Waals surface area (Å²) in [6, 6.07) is 7.97. The molecule has 0 spiro atoms. The minimum absolute atomic E-state index is 0.0287. The number of carbonyl (C=O) groups is 1. The van der Waals surface area contributed by atoms with Crippen LogP contribution >= 0.6 is 11.6 Å². The molecule has 2 aromatic carbocycles. The number of sulfonamides is 1. The van der Waals surface area contributed by atoms with Crippen molar-refractivity contribution in [2.75, 3.05) is 18.9 Å². The van der Waals surface area contributed by atoms with Gasteiger partial charge in [0, 0.05) is 23.8 Å². The van der Waals surface area contributed by atoms with Crippen molar-refractivity contribution < 1.29 is 22.0 Å². The molecule has 0 bridgehead atoms. The van der Waals surface area contributed by atoms with Crippen LogP contribution < -0.4 is 5.32 Å². The second-order valence-corrected chi connectivity index (χ2v) is 7.40. The van der Waals surface area contributed by atoms with E-state index in [-0.39, 0.29) is 10.6 Å². The van der Waals surface area contributed by atoms with E-state index in [2.05, 4.69) is 5.32 Å². The second kappa shape index (κ2) is 7.25. The summed E-state index contributed by atoms with van der Waals surface area (Å²) in [6.07, 6.45) is 0. The molecule has 0 atom stereocenters. The smallest absolute Gasteiger partial charge is 0.243 e. The topological polar surface area (TPSA) is 66.5 Å². The van der Waals surface area contributed by atoms with Crippen LogP contribution in [0.5, 0.6) is 0 Å². The van der Waals surface area contributed by atoms with Gasteiger partial charge in [-0.3, -0.25) is 4.79 Å². The Morgan fingerprint density at radius 1 is 1.12 bits per heavy atom. The van der Waals surface area contributed by atoms with Gasteiger partial charge in [0.15, 0.2) is 0 Å². The van der Waals surface area contributed by atoms with Crippen LogP contribution in [0.1, 0.15) is 0 Å². The molecule has 0 aliphatic carbocycles. The summed E-state index contributed by atoms with van der Waals surface area (Å²) in [6.45, 7) is -0.525. The Morgan fingerprint density at radius 3 is 2.21 bits per heavy atom. The molecule has 0 saturated heterocycles. The molecule has 2 rings (SSSR count). The van der Waals surface area contributed by atoms with Crippen molar-refractivity contribution in [1.29, 1.82) is 0 Å². The zero-order valence-corrected chi connectivity index (χ0v) is 14.0. The average Bonchev–Trinajstić information content (AvgIpc) is 2.46. The van der Waals surface area contributed by atoms with Gasteiger partial charge in [0.05, 0.1) is 11.4 Å². The van der Waals surface area contributed by atoms with Gasteiger partial charge in [0.1, 0.15) is 11.6 Å². The van der Waals surface area contributed by atoms with E-state index in [1.165, 1.54) is 31.3 Å². The molecule has 9 heteroatoms. The Bertz CT molecular complexity index is 837. The van der Waals surface area contributed by atoms with Crippen LogP contribution in [0.25, 0.3) is 0 Å². The Hall–Kier alpha value is -2.03. The summed E-state index contributed by atoms with van der Waals surface area (Å²) >= 11 is 5.71. The van der Waals surface area contributed by atoms with E-state index >= 15 is 0 Å². The maximum Gasteiger partial charge on any atom is 0.243 e. The maximum absolute atomic E-state index is 13.1. The number of hydrogen-bond acceptors (Lipinski definition) is 3. The third kappa shape index (κ3) is 4.50. The summed E-state index contributed by atoms with van der Waals surface area (Å²) in [5, 5.41) is 2.62. The first kappa shape index (κ1) is 18.3. The quantitative estimate of drug-likeness (QED) is 0.875. The van der Waals surface area contributed by atoms with Gasteiger partial charge >= 0.3 is 0 Å². The highest BCUT2D eigenvalue weighted by atomic mass is 35.5. The monoisotopic (exact) mass is 374 g/mol. The van der Waals surface area contributed by atoms with Gasteiger partial charge in [-0.1, -0.05) is 11.6 Å². The number of nitrogens with one attached hydrogen (secondary N) is 1. The van der Waals surface area contributed by atoms with E-state index in [4.69, 9.17) is 11.6 Å². The van der Waals surface area contributed by atoms with Gasteiger partial charge in [-0.15, -0.1) is 0 Å². The minimum atomic E-state index is -3.89. The van der Waals surface area contributed by atoms with Gasteiger partial charge < -0.3 is 5.32 Å². The number of halogens is 3. The number of anilines is 1. The van der Waals surface area contributed by atoms with Crippen LogP contribution in [-0.2, 0) is 14.8 Å². The van der Waals surface area contributed by atoms with Gasteiger partial charge in [-0.05, 0) is 36.4 Å². The van der Waals surface area contributed by atoms with E-state index in [9.17, 15) is 22.0 Å². The zero-order valence-electron chi connectivity index (χ0n) is 12.5. The molecular formula is C15H13ClF2N2O3S. The Morgan fingerprint density at radius 2 is 1.67 bits per heavy atom. The van der Waals surface area contributed by atoms with Crippen molar-refractivity contribution in [2.45, 2.75) is 4.90 Å². The highest BCUT2D eigenvalue weighted by Gasteiger charge is 2.23.